The van der Waals surface area contributed by atoms with Crippen molar-refractivity contribution in [3.8, 4) is 0 Å². The summed E-state index contributed by atoms with van der Waals surface area (Å²) in [6.45, 7) is 9.17. The fourth-order valence-electron chi connectivity index (χ4n) is 2.80. The Morgan fingerprint density at radius 1 is 1.32 bits per heavy atom. The fourth-order valence-corrected chi connectivity index (χ4v) is 2.80. The molecule has 1 fully saturated rings. The lowest BCUT2D eigenvalue weighted by molar-refractivity contribution is -0.118. The molecule has 1 atom stereocenters. The van der Waals surface area contributed by atoms with Gasteiger partial charge in [-0.3, -0.25) is 9.59 Å². The van der Waals surface area contributed by atoms with E-state index >= 15 is 0 Å². The van der Waals surface area contributed by atoms with E-state index in [0.29, 0.717) is 6.42 Å². The van der Waals surface area contributed by atoms with Crippen LogP contribution in [0, 0.1) is 5.82 Å². The molecule has 1 aliphatic rings. The Bertz CT molecular complexity index is 773. The number of benzene rings is 1. The van der Waals surface area contributed by atoms with Crippen molar-refractivity contribution in [2.75, 3.05) is 18.5 Å². The molecule has 0 spiro atoms. The summed E-state index contributed by atoms with van der Waals surface area (Å²) in [5.74, 6) is -1.37. The first-order valence-electron chi connectivity index (χ1n) is 9.28. The zero-order valence-corrected chi connectivity index (χ0v) is 17.2. The second-order valence-electron chi connectivity index (χ2n) is 8.15. The Balaban J connectivity index is 2.11. The van der Waals surface area contributed by atoms with Crippen molar-refractivity contribution in [3.05, 3.63) is 29.6 Å². The molecule has 0 saturated carbocycles. The Hall–Kier alpha value is -2.64. The number of anilines is 1. The minimum Gasteiger partial charge on any atom is -0.444 e. The standard InChI is InChI=1S/C20H28FN3O4/c1-12(2)23(6)17(25)13-7-8-16(14(21)11-13)24-10-9-15(18(24)26)22-19(27)28-20(3,4)5/h7-8,11-12,15H,9-10H2,1-6H3,(H,22,27)/t15-/m0/s1. The van der Waals surface area contributed by atoms with E-state index in [1.165, 1.54) is 21.9 Å². The van der Waals surface area contributed by atoms with Gasteiger partial charge < -0.3 is 19.9 Å². The summed E-state index contributed by atoms with van der Waals surface area (Å²) in [4.78, 5) is 39.6. The molecule has 154 valence electrons. The van der Waals surface area contributed by atoms with Crippen LogP contribution < -0.4 is 10.2 Å². The molecule has 0 aromatic heterocycles. The molecule has 8 heteroatoms. The lowest BCUT2D eigenvalue weighted by atomic mass is 10.1. The molecule has 0 radical (unpaired) electrons. The Labute approximate surface area is 164 Å². The Morgan fingerprint density at radius 2 is 1.96 bits per heavy atom. The summed E-state index contributed by atoms with van der Waals surface area (Å²) in [7, 11) is 1.65. The molecule has 3 amide bonds. The van der Waals surface area contributed by atoms with Crippen LogP contribution in [-0.4, -0.2) is 54.1 Å². The van der Waals surface area contributed by atoms with E-state index in [1.54, 1.807) is 27.8 Å². The number of hydrogen-bond donors (Lipinski definition) is 1. The number of rotatable bonds is 4. The first kappa shape index (κ1) is 21.7. The summed E-state index contributed by atoms with van der Waals surface area (Å²) in [6.07, 6.45) is -0.347. The number of carbonyl (C=O) groups is 3. The van der Waals surface area contributed by atoms with E-state index in [2.05, 4.69) is 5.32 Å². The highest BCUT2D eigenvalue weighted by atomic mass is 19.1. The lowest BCUT2D eigenvalue weighted by Gasteiger charge is -2.23. The van der Waals surface area contributed by atoms with Gasteiger partial charge in [0.1, 0.15) is 17.5 Å². The molecule has 7 nitrogen and oxygen atoms in total. The van der Waals surface area contributed by atoms with E-state index in [0.717, 1.165) is 6.07 Å². The van der Waals surface area contributed by atoms with Gasteiger partial charge in [0.15, 0.2) is 0 Å². The Morgan fingerprint density at radius 3 is 2.50 bits per heavy atom. The molecule has 1 aromatic rings. The van der Waals surface area contributed by atoms with Crippen LogP contribution in [0.4, 0.5) is 14.9 Å². The van der Waals surface area contributed by atoms with Crippen molar-refractivity contribution in [2.45, 2.75) is 58.7 Å². The van der Waals surface area contributed by atoms with Crippen LogP contribution in [-0.2, 0) is 9.53 Å². The number of carbonyl (C=O) groups excluding carboxylic acids is 3. The van der Waals surface area contributed by atoms with Gasteiger partial charge in [-0.15, -0.1) is 0 Å². The van der Waals surface area contributed by atoms with Gasteiger partial charge in [0, 0.05) is 25.2 Å². The highest BCUT2D eigenvalue weighted by molar-refractivity contribution is 6.01. The summed E-state index contributed by atoms with van der Waals surface area (Å²) in [6, 6.07) is 3.27. The summed E-state index contributed by atoms with van der Waals surface area (Å²) in [5, 5.41) is 2.53. The summed E-state index contributed by atoms with van der Waals surface area (Å²) in [5.41, 5.74) is -0.377. The predicted octanol–water partition coefficient (Wildman–Crippen LogP) is 2.94. The molecule has 1 heterocycles. The summed E-state index contributed by atoms with van der Waals surface area (Å²) >= 11 is 0. The largest absolute Gasteiger partial charge is 0.444 e. The first-order chi connectivity index (χ1) is 12.9. The average molecular weight is 393 g/mol. The molecule has 2 rings (SSSR count). The molecule has 1 aliphatic heterocycles. The van der Waals surface area contributed by atoms with Gasteiger partial charge in [-0.25, -0.2) is 9.18 Å². The van der Waals surface area contributed by atoms with Crippen LogP contribution in [0.15, 0.2) is 18.2 Å². The van der Waals surface area contributed by atoms with E-state index in [9.17, 15) is 18.8 Å². The predicted molar refractivity (Wildman–Crippen MR) is 104 cm³/mol. The number of halogens is 1. The van der Waals surface area contributed by atoms with E-state index in [1.807, 2.05) is 13.8 Å². The maximum atomic E-state index is 14.6. The van der Waals surface area contributed by atoms with E-state index in [4.69, 9.17) is 4.74 Å². The average Bonchev–Trinajstić information content (AvgIpc) is 2.92. The minimum absolute atomic E-state index is 0.0184. The van der Waals surface area contributed by atoms with Crippen molar-refractivity contribution in [1.82, 2.24) is 10.2 Å². The van der Waals surface area contributed by atoms with Crippen LogP contribution >= 0.6 is 0 Å². The van der Waals surface area contributed by atoms with Gasteiger partial charge in [-0.05, 0) is 59.2 Å². The van der Waals surface area contributed by atoms with Crippen molar-refractivity contribution >= 4 is 23.6 Å². The number of alkyl carbamates (subject to hydrolysis) is 1. The second-order valence-corrected chi connectivity index (χ2v) is 8.15. The molecular formula is C20H28FN3O4. The van der Waals surface area contributed by atoms with Crippen LogP contribution in [0.3, 0.4) is 0 Å². The fraction of sp³-hybridized carbons (Fsp3) is 0.550. The van der Waals surface area contributed by atoms with Crippen LogP contribution in [0.2, 0.25) is 0 Å². The summed E-state index contributed by atoms with van der Waals surface area (Å²) < 4.78 is 19.8. The van der Waals surface area contributed by atoms with Gasteiger partial charge >= 0.3 is 6.09 Å². The molecule has 0 unspecified atom stereocenters. The number of nitrogens with zero attached hydrogens (tertiary/aromatic N) is 2. The molecule has 0 aliphatic carbocycles. The molecule has 1 saturated heterocycles. The number of hydrogen-bond acceptors (Lipinski definition) is 4. The molecule has 1 N–H and O–H groups in total. The van der Waals surface area contributed by atoms with Crippen molar-refractivity contribution in [2.24, 2.45) is 0 Å². The van der Waals surface area contributed by atoms with Gasteiger partial charge in [-0.1, -0.05) is 0 Å². The van der Waals surface area contributed by atoms with Crippen molar-refractivity contribution in [1.29, 1.82) is 0 Å². The third-order valence-electron chi connectivity index (χ3n) is 4.48. The normalized spacial score (nSPS) is 17.1. The number of amides is 3. The molecule has 0 bridgehead atoms. The zero-order chi connectivity index (χ0) is 21.2. The minimum atomic E-state index is -0.775. The van der Waals surface area contributed by atoms with Crippen molar-refractivity contribution in [3.63, 3.8) is 0 Å². The van der Waals surface area contributed by atoms with Crippen LogP contribution in [0.25, 0.3) is 0 Å². The van der Waals surface area contributed by atoms with Gasteiger partial charge in [-0.2, -0.15) is 0 Å². The van der Waals surface area contributed by atoms with E-state index in [-0.39, 0.29) is 29.7 Å². The lowest BCUT2D eigenvalue weighted by Crippen LogP contribution is -2.44. The van der Waals surface area contributed by atoms with Gasteiger partial charge in [0.05, 0.1) is 5.69 Å². The topological polar surface area (TPSA) is 79.0 Å². The first-order valence-corrected chi connectivity index (χ1v) is 9.28. The van der Waals surface area contributed by atoms with Crippen LogP contribution in [0.5, 0.6) is 0 Å². The van der Waals surface area contributed by atoms with Crippen molar-refractivity contribution < 1.29 is 23.5 Å². The zero-order valence-electron chi connectivity index (χ0n) is 17.2. The number of nitrogens with one attached hydrogen (secondary N) is 1. The Kier molecular flexibility index (Phi) is 6.31. The second kappa shape index (κ2) is 8.16. The van der Waals surface area contributed by atoms with Gasteiger partial charge in [0.2, 0.25) is 5.91 Å². The monoisotopic (exact) mass is 393 g/mol. The van der Waals surface area contributed by atoms with Gasteiger partial charge in [0.25, 0.3) is 5.91 Å². The SMILES string of the molecule is CC(C)N(C)C(=O)c1ccc(N2CC[C@H](NC(=O)OC(C)(C)C)C2=O)c(F)c1. The highest BCUT2D eigenvalue weighted by Crippen LogP contribution is 2.26. The smallest absolute Gasteiger partial charge is 0.408 e. The number of ether oxygens (including phenoxy) is 1. The quantitative estimate of drug-likeness (QED) is 0.853. The molecular weight excluding hydrogens is 365 g/mol. The van der Waals surface area contributed by atoms with Crippen LogP contribution in [0.1, 0.15) is 51.4 Å². The molecule has 28 heavy (non-hydrogen) atoms. The third kappa shape index (κ3) is 4.99. The maximum absolute atomic E-state index is 14.6. The highest BCUT2D eigenvalue weighted by Gasteiger charge is 2.36. The third-order valence-corrected chi connectivity index (χ3v) is 4.48. The molecule has 1 aromatic carbocycles. The van der Waals surface area contributed by atoms with E-state index < -0.39 is 29.5 Å². The maximum Gasteiger partial charge on any atom is 0.408 e.